The van der Waals surface area contributed by atoms with Crippen LogP contribution in [0.1, 0.15) is 82.1 Å². The molecule has 0 bridgehead atoms. The van der Waals surface area contributed by atoms with Crippen LogP contribution in [0.15, 0.2) is 84.0 Å². The molecule has 2 aromatic carbocycles. The van der Waals surface area contributed by atoms with E-state index in [2.05, 4.69) is 106 Å². The molecule has 0 radical (unpaired) electrons. The van der Waals surface area contributed by atoms with Gasteiger partial charge in [0.25, 0.3) is 0 Å². The van der Waals surface area contributed by atoms with Gasteiger partial charge in [0.05, 0.1) is 0 Å². The summed E-state index contributed by atoms with van der Waals surface area (Å²) < 4.78 is 25.5. The summed E-state index contributed by atoms with van der Waals surface area (Å²) in [5.74, 6) is -0.483. The molecule has 4 rings (SSSR count). The van der Waals surface area contributed by atoms with Crippen molar-refractivity contribution in [2.75, 3.05) is 0 Å². The Labute approximate surface area is 262 Å². The van der Waals surface area contributed by atoms with Crippen LogP contribution in [0.2, 0.25) is 0 Å². The third-order valence-electron chi connectivity index (χ3n) is 5.78. The van der Waals surface area contributed by atoms with Crippen molar-refractivity contribution < 1.29 is 43.2 Å². The third-order valence-corrected chi connectivity index (χ3v) is 7.63. The van der Waals surface area contributed by atoms with Gasteiger partial charge in [0.1, 0.15) is 23.1 Å². The number of aromatic hydroxyl groups is 2. The average molecular weight is 642 g/mol. The molecule has 0 heterocycles. The number of benzene rings is 2. The Morgan fingerprint density at radius 2 is 0.902 bits per heavy atom. The number of halogens is 2. The Balaban J connectivity index is 0.000000490. The molecule has 0 spiro atoms. The third kappa shape index (κ3) is 19.4. The molecule has 2 aliphatic carbocycles. The second-order valence-corrected chi connectivity index (χ2v) is 14.6. The Morgan fingerprint density at radius 1 is 0.634 bits per heavy atom. The summed E-state index contributed by atoms with van der Waals surface area (Å²) in [6.07, 6.45) is 17.3. The Hall–Kier alpha value is -2.39. The second kappa shape index (κ2) is 18.2. The fourth-order valence-corrected chi connectivity index (χ4v) is 2.72. The van der Waals surface area contributed by atoms with Gasteiger partial charge in [-0.3, -0.25) is 12.2 Å². The van der Waals surface area contributed by atoms with E-state index in [-0.39, 0.29) is 23.1 Å². The molecule has 41 heavy (non-hydrogen) atoms. The maximum atomic E-state index is 12.0. The molecule has 0 saturated heterocycles. The summed E-state index contributed by atoms with van der Waals surface area (Å²) in [5, 5.41) is 17.2. The molecule has 2 aromatic rings. The van der Waals surface area contributed by atoms with Gasteiger partial charge in [0.2, 0.25) is 0 Å². The monoisotopic (exact) mass is 640 g/mol. The topological polar surface area (TPSA) is 40.5 Å². The maximum Gasteiger partial charge on any atom is 0.123 e. The summed E-state index contributed by atoms with van der Waals surface area (Å²) >= 11 is 1.57. The summed E-state index contributed by atoms with van der Waals surface area (Å²) in [4.78, 5) is 0. The van der Waals surface area contributed by atoms with E-state index in [4.69, 9.17) is 10.2 Å². The van der Waals surface area contributed by atoms with E-state index in [1.807, 2.05) is 0 Å². The molecular weight excluding hydrogens is 594 g/mol. The average Bonchev–Trinajstić information content (AvgIpc) is 3.58. The molecule has 0 amide bonds. The van der Waals surface area contributed by atoms with Crippen LogP contribution in [0.25, 0.3) is 0 Å². The van der Waals surface area contributed by atoms with Crippen LogP contribution in [0, 0.1) is 40.0 Å². The van der Waals surface area contributed by atoms with E-state index < -0.39 is 0 Å². The van der Waals surface area contributed by atoms with Gasteiger partial charge in [-0.15, -0.1) is 12.8 Å². The molecular formula is C36H48F2O2Zr. The van der Waals surface area contributed by atoms with Crippen molar-refractivity contribution in [2.45, 2.75) is 82.1 Å². The van der Waals surface area contributed by atoms with Crippen molar-refractivity contribution >= 4 is 3.21 Å². The van der Waals surface area contributed by atoms with E-state index in [0.717, 1.165) is 12.8 Å². The molecule has 0 saturated carbocycles. The van der Waals surface area contributed by atoms with Gasteiger partial charge in [0.15, 0.2) is 0 Å². The number of hydrogen-bond donors (Lipinski definition) is 2. The van der Waals surface area contributed by atoms with E-state index in [9.17, 15) is 8.78 Å². The van der Waals surface area contributed by atoms with Gasteiger partial charge in [0, 0.05) is 0 Å². The van der Waals surface area contributed by atoms with Crippen molar-refractivity contribution in [3.63, 3.8) is 0 Å². The van der Waals surface area contributed by atoms with Gasteiger partial charge in [-0.25, -0.2) is 32.1 Å². The summed E-state index contributed by atoms with van der Waals surface area (Å²) in [7, 11) is 0. The minimum Gasteiger partial charge on any atom is -0.508 e. The van der Waals surface area contributed by atoms with Crippen LogP contribution in [-0.2, 0) is 24.2 Å². The van der Waals surface area contributed by atoms with Crippen molar-refractivity contribution in [3.05, 3.63) is 108 Å². The van der Waals surface area contributed by atoms with E-state index in [1.165, 1.54) is 59.7 Å². The Kier molecular flexibility index (Phi) is 17.2. The maximum absolute atomic E-state index is 12.0. The first-order chi connectivity index (χ1) is 18.7. The fourth-order valence-electron chi connectivity index (χ4n) is 2.72. The molecule has 0 aliphatic heterocycles. The molecule has 0 aromatic heterocycles. The number of hydrogen-bond acceptors (Lipinski definition) is 2. The molecule has 2 aliphatic rings. The zero-order valence-corrected chi connectivity index (χ0v) is 29.0. The Bertz CT molecular complexity index is 1040. The molecule has 0 atom stereocenters. The van der Waals surface area contributed by atoms with Gasteiger partial charge < -0.3 is 10.2 Å². The second-order valence-electron chi connectivity index (χ2n) is 12.7. The van der Waals surface area contributed by atoms with Crippen molar-refractivity contribution in [1.29, 1.82) is 0 Å². The predicted octanol–water partition coefficient (Wildman–Crippen LogP) is 10.3. The zero-order chi connectivity index (χ0) is 31.9. The first kappa shape index (κ1) is 38.6. The van der Waals surface area contributed by atoms with Gasteiger partial charge >= 0.3 is 60.6 Å². The number of phenolic OH excluding ortho intramolecular Hbond substituents is 2. The zero-order valence-electron chi connectivity index (χ0n) is 26.5. The van der Waals surface area contributed by atoms with Gasteiger partial charge in [-0.05, 0) is 59.4 Å². The van der Waals surface area contributed by atoms with Crippen molar-refractivity contribution in [3.8, 4) is 11.5 Å². The van der Waals surface area contributed by atoms with E-state index >= 15 is 0 Å². The molecule has 222 valence electrons. The van der Waals surface area contributed by atoms with Crippen LogP contribution in [0.3, 0.4) is 0 Å². The molecule has 0 unspecified atom stereocenters. The standard InChI is InChI=1S/2C9H13.2C6H5FO.C6H12.Zr/c2*1-9(2,3)8-6-4-5-7-8;2*7-5-1-3-6(8)4-2-5;1-5-6(2,3)4;/h2*4,6H,5H2,1-3H3;2*1-4,8H;1-4H3;/q2*-1;;;;+2. The SMILES string of the molecule is CC(C)(C)C1=[C-]CC=C1.CC(C)(C)C1=[C-]CC=C1.C[C](=[Zr+2])C(C)(C)C.Oc1ccc(F)cc1.Oc1ccc(F)cc1. The smallest absolute Gasteiger partial charge is 0.123 e. The van der Waals surface area contributed by atoms with Crippen LogP contribution in [0.4, 0.5) is 8.78 Å². The number of phenols is 2. The minimum atomic E-state index is -0.331. The molecule has 5 heteroatoms. The Morgan fingerprint density at radius 3 is 1.02 bits per heavy atom. The van der Waals surface area contributed by atoms with E-state index in [1.54, 1.807) is 27.4 Å². The molecule has 2 nitrogen and oxygen atoms in total. The van der Waals surface area contributed by atoms with Gasteiger partial charge in [-0.1, -0.05) is 41.5 Å². The van der Waals surface area contributed by atoms with Gasteiger partial charge in [-0.2, -0.15) is 12.2 Å². The quantitative estimate of drug-likeness (QED) is 0.281. The number of allylic oxidation sites excluding steroid dienone is 8. The van der Waals surface area contributed by atoms with Crippen LogP contribution >= 0.6 is 0 Å². The summed E-state index contributed by atoms with van der Waals surface area (Å²) in [6.45, 7) is 22.2. The number of rotatable bonds is 0. The first-order valence-corrected chi connectivity index (χ1v) is 15.0. The van der Waals surface area contributed by atoms with Crippen molar-refractivity contribution in [1.82, 2.24) is 0 Å². The van der Waals surface area contributed by atoms with Crippen molar-refractivity contribution in [2.24, 2.45) is 16.2 Å². The normalized spacial score (nSPS) is 13.6. The molecule has 0 fully saturated rings. The summed E-state index contributed by atoms with van der Waals surface area (Å²) in [5.41, 5.74) is 3.75. The minimum absolute atomic E-state index is 0.0893. The first-order valence-electron chi connectivity index (χ1n) is 13.7. The van der Waals surface area contributed by atoms with Crippen LogP contribution < -0.4 is 0 Å². The van der Waals surface area contributed by atoms with E-state index in [0.29, 0.717) is 16.2 Å². The fraction of sp³-hybridized carbons (Fsp3) is 0.417. The molecule has 2 N–H and O–H groups in total. The largest absolute Gasteiger partial charge is 0.508 e. The van der Waals surface area contributed by atoms with Crippen LogP contribution in [0.5, 0.6) is 11.5 Å². The van der Waals surface area contributed by atoms with Crippen LogP contribution in [-0.4, -0.2) is 13.4 Å². The predicted molar refractivity (Wildman–Crippen MR) is 166 cm³/mol. The summed E-state index contributed by atoms with van der Waals surface area (Å²) in [6, 6.07) is 10.0.